The minimum atomic E-state index is 0.890. The summed E-state index contributed by atoms with van der Waals surface area (Å²) in [4.78, 5) is 5.93. The Labute approximate surface area is 116 Å². The van der Waals surface area contributed by atoms with E-state index in [2.05, 4.69) is 48.3 Å². The van der Waals surface area contributed by atoms with E-state index in [1.807, 2.05) is 12.1 Å². The fourth-order valence-electron chi connectivity index (χ4n) is 2.15. The lowest BCUT2D eigenvalue weighted by atomic mass is 10.2. The Morgan fingerprint density at radius 2 is 1.84 bits per heavy atom. The smallest absolute Gasteiger partial charge is 0.119 e. The summed E-state index contributed by atoms with van der Waals surface area (Å²) in [6.07, 6.45) is 0. The minimum absolute atomic E-state index is 0.890. The summed E-state index contributed by atoms with van der Waals surface area (Å²) < 4.78 is 5.31. The van der Waals surface area contributed by atoms with E-state index in [0.29, 0.717) is 0 Å². The number of nitrogens with one attached hydrogen (secondary N) is 1. The number of rotatable bonds is 3. The predicted octanol–water partition coefficient (Wildman–Crippen LogP) is 4.64. The molecule has 0 bridgehead atoms. The molecule has 19 heavy (non-hydrogen) atoms. The molecule has 3 aromatic rings. The van der Waals surface area contributed by atoms with Crippen LogP contribution in [0.4, 0.5) is 0 Å². The highest BCUT2D eigenvalue weighted by molar-refractivity contribution is 7.99. The standard InChI is InChI=1S/C16H15NOS/c1-11-16(19-13-6-4-3-5-7-13)14-10-12(18-2)8-9-15(14)17-11/h3-10,17H,1-2H3. The Hall–Kier alpha value is -1.87. The maximum atomic E-state index is 5.31. The maximum Gasteiger partial charge on any atom is 0.119 e. The first-order chi connectivity index (χ1) is 9.28. The Morgan fingerprint density at radius 3 is 2.58 bits per heavy atom. The molecule has 0 saturated heterocycles. The number of aromatic amines is 1. The van der Waals surface area contributed by atoms with Crippen molar-refractivity contribution in [2.45, 2.75) is 16.7 Å². The first-order valence-corrected chi connectivity index (χ1v) is 6.99. The molecule has 0 amide bonds. The van der Waals surface area contributed by atoms with Gasteiger partial charge in [0.05, 0.1) is 7.11 Å². The van der Waals surface area contributed by atoms with Crippen LogP contribution in [0.3, 0.4) is 0 Å². The highest BCUT2D eigenvalue weighted by Gasteiger charge is 2.10. The van der Waals surface area contributed by atoms with E-state index >= 15 is 0 Å². The number of fused-ring (bicyclic) bond motifs is 1. The highest BCUT2D eigenvalue weighted by atomic mass is 32.2. The molecule has 0 aliphatic heterocycles. The number of methoxy groups -OCH3 is 1. The van der Waals surface area contributed by atoms with Crippen LogP contribution in [0.25, 0.3) is 10.9 Å². The van der Waals surface area contributed by atoms with E-state index in [1.54, 1.807) is 18.9 Å². The molecule has 0 spiro atoms. The summed E-state index contributed by atoms with van der Waals surface area (Å²) in [6.45, 7) is 2.11. The van der Waals surface area contributed by atoms with Gasteiger partial charge in [0.15, 0.2) is 0 Å². The summed E-state index contributed by atoms with van der Waals surface area (Å²) in [5.41, 5.74) is 2.34. The van der Waals surface area contributed by atoms with Gasteiger partial charge in [-0.2, -0.15) is 0 Å². The number of hydrogen-bond acceptors (Lipinski definition) is 2. The topological polar surface area (TPSA) is 25.0 Å². The lowest BCUT2D eigenvalue weighted by Crippen LogP contribution is -1.81. The van der Waals surface area contributed by atoms with Gasteiger partial charge in [-0.1, -0.05) is 30.0 Å². The normalized spacial score (nSPS) is 10.8. The van der Waals surface area contributed by atoms with E-state index in [1.165, 1.54) is 20.9 Å². The zero-order valence-electron chi connectivity index (χ0n) is 10.9. The van der Waals surface area contributed by atoms with Crippen LogP contribution in [0.1, 0.15) is 5.69 Å². The van der Waals surface area contributed by atoms with Crippen LogP contribution in [-0.2, 0) is 0 Å². The zero-order valence-corrected chi connectivity index (χ0v) is 11.8. The molecule has 96 valence electrons. The van der Waals surface area contributed by atoms with Crippen LogP contribution >= 0.6 is 11.8 Å². The van der Waals surface area contributed by atoms with Crippen molar-refractivity contribution < 1.29 is 4.74 Å². The number of aryl methyl sites for hydroxylation is 1. The molecule has 0 aliphatic carbocycles. The highest BCUT2D eigenvalue weighted by Crippen LogP contribution is 2.37. The molecule has 0 atom stereocenters. The molecule has 1 aromatic heterocycles. The van der Waals surface area contributed by atoms with Gasteiger partial charge in [0.25, 0.3) is 0 Å². The van der Waals surface area contributed by atoms with E-state index in [0.717, 1.165) is 11.3 Å². The van der Waals surface area contributed by atoms with Gasteiger partial charge in [-0.15, -0.1) is 0 Å². The van der Waals surface area contributed by atoms with Crippen molar-refractivity contribution >= 4 is 22.7 Å². The van der Waals surface area contributed by atoms with Crippen molar-refractivity contribution in [3.05, 3.63) is 54.2 Å². The van der Waals surface area contributed by atoms with E-state index < -0.39 is 0 Å². The summed E-state index contributed by atoms with van der Waals surface area (Å²) in [6, 6.07) is 16.6. The van der Waals surface area contributed by atoms with Gasteiger partial charge in [-0.25, -0.2) is 0 Å². The van der Waals surface area contributed by atoms with Gasteiger partial charge in [-0.05, 0) is 37.3 Å². The van der Waals surface area contributed by atoms with Crippen LogP contribution in [0.15, 0.2) is 58.3 Å². The molecule has 2 aromatic carbocycles. The van der Waals surface area contributed by atoms with E-state index in [4.69, 9.17) is 4.74 Å². The van der Waals surface area contributed by atoms with Crippen molar-refractivity contribution in [3.63, 3.8) is 0 Å². The average Bonchev–Trinajstić information content (AvgIpc) is 2.76. The fourth-order valence-corrected chi connectivity index (χ4v) is 3.16. The molecular weight excluding hydrogens is 254 g/mol. The van der Waals surface area contributed by atoms with Gasteiger partial charge in [0.1, 0.15) is 5.75 Å². The molecule has 0 unspecified atom stereocenters. The van der Waals surface area contributed by atoms with Gasteiger partial charge in [0.2, 0.25) is 0 Å². The second kappa shape index (κ2) is 5.02. The lowest BCUT2D eigenvalue weighted by Gasteiger charge is -2.03. The average molecular weight is 269 g/mol. The molecule has 3 heteroatoms. The molecule has 1 N–H and O–H groups in total. The molecule has 0 saturated carbocycles. The Bertz CT molecular complexity index is 703. The number of aromatic nitrogens is 1. The summed E-state index contributed by atoms with van der Waals surface area (Å²) in [5.74, 6) is 0.890. The van der Waals surface area contributed by atoms with Crippen LogP contribution in [0.2, 0.25) is 0 Å². The molecule has 0 aliphatic rings. The number of H-pyrrole nitrogens is 1. The van der Waals surface area contributed by atoms with Crippen LogP contribution in [0.5, 0.6) is 5.75 Å². The molecule has 1 heterocycles. The van der Waals surface area contributed by atoms with Gasteiger partial charge >= 0.3 is 0 Å². The Balaban J connectivity index is 2.09. The van der Waals surface area contributed by atoms with Crippen molar-refractivity contribution in [1.82, 2.24) is 4.98 Å². The third-order valence-corrected chi connectivity index (χ3v) is 4.34. The van der Waals surface area contributed by atoms with Gasteiger partial charge < -0.3 is 9.72 Å². The summed E-state index contributed by atoms with van der Waals surface area (Å²) in [7, 11) is 1.70. The first kappa shape index (κ1) is 12.2. The quantitative estimate of drug-likeness (QED) is 0.749. The second-order valence-corrected chi connectivity index (χ2v) is 5.49. The molecule has 3 rings (SSSR count). The fraction of sp³-hybridized carbons (Fsp3) is 0.125. The van der Waals surface area contributed by atoms with Crippen molar-refractivity contribution in [3.8, 4) is 5.75 Å². The maximum absolute atomic E-state index is 5.31. The monoisotopic (exact) mass is 269 g/mol. The molecule has 0 radical (unpaired) electrons. The predicted molar refractivity (Wildman–Crippen MR) is 80.2 cm³/mol. The summed E-state index contributed by atoms with van der Waals surface area (Å²) >= 11 is 1.78. The van der Waals surface area contributed by atoms with Crippen LogP contribution < -0.4 is 4.74 Å². The first-order valence-electron chi connectivity index (χ1n) is 6.17. The molecule has 0 fully saturated rings. The summed E-state index contributed by atoms with van der Waals surface area (Å²) in [5, 5.41) is 1.21. The van der Waals surface area contributed by atoms with Crippen molar-refractivity contribution in [2.24, 2.45) is 0 Å². The number of benzene rings is 2. The third kappa shape index (κ3) is 2.34. The van der Waals surface area contributed by atoms with Crippen molar-refractivity contribution in [2.75, 3.05) is 7.11 Å². The van der Waals surface area contributed by atoms with E-state index in [-0.39, 0.29) is 0 Å². The SMILES string of the molecule is COc1ccc2[nH]c(C)c(Sc3ccccc3)c2c1. The Kier molecular flexibility index (Phi) is 3.22. The van der Waals surface area contributed by atoms with E-state index in [9.17, 15) is 0 Å². The Morgan fingerprint density at radius 1 is 1.05 bits per heavy atom. The molecular formula is C16H15NOS. The van der Waals surface area contributed by atoms with Crippen molar-refractivity contribution in [1.29, 1.82) is 0 Å². The largest absolute Gasteiger partial charge is 0.497 e. The zero-order chi connectivity index (χ0) is 13.2. The number of ether oxygens (including phenoxy) is 1. The minimum Gasteiger partial charge on any atom is -0.497 e. The number of hydrogen-bond donors (Lipinski definition) is 1. The van der Waals surface area contributed by atoms with Gasteiger partial charge in [0, 0.05) is 26.4 Å². The van der Waals surface area contributed by atoms with Gasteiger partial charge in [-0.3, -0.25) is 0 Å². The lowest BCUT2D eigenvalue weighted by molar-refractivity contribution is 0.415. The second-order valence-electron chi connectivity index (χ2n) is 4.41. The van der Waals surface area contributed by atoms with Crippen LogP contribution in [-0.4, -0.2) is 12.1 Å². The third-order valence-electron chi connectivity index (χ3n) is 3.10. The van der Waals surface area contributed by atoms with Crippen LogP contribution in [0, 0.1) is 6.92 Å². The molecule has 2 nitrogen and oxygen atoms in total.